The number of aliphatic hydroxyl groups excluding tert-OH is 1. The smallest absolute Gasteiger partial charge is 0.242 e. The summed E-state index contributed by atoms with van der Waals surface area (Å²) in [6.07, 6.45) is 4.29. The van der Waals surface area contributed by atoms with Crippen molar-refractivity contribution in [3.8, 4) is 6.07 Å². The number of nitrogens with zero attached hydrogens (tertiary/aromatic N) is 2. The van der Waals surface area contributed by atoms with Gasteiger partial charge >= 0.3 is 0 Å². The molecule has 0 amide bonds. The molecular weight excluding hydrogens is 278 g/mol. The Morgan fingerprint density at radius 3 is 2.75 bits per heavy atom. The highest BCUT2D eigenvalue weighted by Gasteiger charge is 2.25. The number of hydrogen-bond acceptors (Lipinski definition) is 5. The first-order valence-electron chi connectivity index (χ1n) is 6.57. The molecule has 0 saturated heterocycles. The van der Waals surface area contributed by atoms with Crippen molar-refractivity contribution in [1.29, 1.82) is 5.26 Å². The van der Waals surface area contributed by atoms with Crippen molar-refractivity contribution in [1.82, 2.24) is 9.71 Å². The van der Waals surface area contributed by atoms with E-state index in [0.717, 1.165) is 31.9 Å². The maximum atomic E-state index is 12.1. The molecule has 0 bridgehead atoms. The molecule has 1 saturated carbocycles. The van der Waals surface area contributed by atoms with Crippen LogP contribution in [0.4, 0.5) is 0 Å². The van der Waals surface area contributed by atoms with Crippen LogP contribution in [-0.4, -0.2) is 31.2 Å². The zero-order chi connectivity index (χ0) is 14.6. The van der Waals surface area contributed by atoms with Gasteiger partial charge in [-0.3, -0.25) is 0 Å². The molecule has 2 N–H and O–H groups in total. The van der Waals surface area contributed by atoms with E-state index in [1.54, 1.807) is 0 Å². The lowest BCUT2D eigenvalue weighted by atomic mass is 9.87. The Balaban J connectivity index is 2.01. The van der Waals surface area contributed by atoms with Crippen LogP contribution in [0.25, 0.3) is 0 Å². The second-order valence-electron chi connectivity index (χ2n) is 4.95. The molecule has 1 heterocycles. The Bertz CT molecular complexity index is 592. The number of sulfonamides is 1. The summed E-state index contributed by atoms with van der Waals surface area (Å²) in [5.74, 6) is -0.0372. The fourth-order valence-corrected chi connectivity index (χ4v) is 3.37. The first kappa shape index (κ1) is 14.9. The minimum absolute atomic E-state index is 0.0294. The molecule has 1 aliphatic carbocycles. The molecule has 1 aromatic rings. The minimum atomic E-state index is -3.64. The van der Waals surface area contributed by atoms with Crippen molar-refractivity contribution in [3.63, 3.8) is 0 Å². The number of aromatic nitrogens is 1. The quantitative estimate of drug-likeness (QED) is 0.854. The van der Waals surface area contributed by atoms with Gasteiger partial charge in [-0.2, -0.15) is 5.26 Å². The molecule has 108 valence electrons. The van der Waals surface area contributed by atoms with Gasteiger partial charge in [0, 0.05) is 12.7 Å². The van der Waals surface area contributed by atoms with E-state index in [-0.39, 0.29) is 23.1 Å². The number of pyridine rings is 1. The Morgan fingerprint density at radius 1 is 1.40 bits per heavy atom. The third-order valence-corrected chi connectivity index (χ3v) is 4.97. The molecule has 20 heavy (non-hydrogen) atoms. The summed E-state index contributed by atoms with van der Waals surface area (Å²) >= 11 is 0. The highest BCUT2D eigenvalue weighted by Crippen LogP contribution is 2.24. The monoisotopic (exact) mass is 295 g/mol. The van der Waals surface area contributed by atoms with Crippen LogP contribution in [-0.2, 0) is 10.0 Å². The molecular formula is C13H17N3O3S. The normalized spacial score (nSPS) is 23.2. The number of rotatable bonds is 4. The van der Waals surface area contributed by atoms with Crippen molar-refractivity contribution in [2.45, 2.75) is 36.7 Å². The van der Waals surface area contributed by atoms with Gasteiger partial charge in [-0.15, -0.1) is 0 Å². The van der Waals surface area contributed by atoms with Crippen LogP contribution >= 0.6 is 0 Å². The zero-order valence-electron chi connectivity index (χ0n) is 11.0. The van der Waals surface area contributed by atoms with Gasteiger partial charge in [0.1, 0.15) is 16.7 Å². The van der Waals surface area contributed by atoms with E-state index in [1.165, 1.54) is 12.1 Å². The number of hydrogen-bond donors (Lipinski definition) is 2. The fourth-order valence-electron chi connectivity index (χ4n) is 2.33. The van der Waals surface area contributed by atoms with Crippen LogP contribution in [0.1, 0.15) is 31.4 Å². The third-order valence-electron chi connectivity index (χ3n) is 3.57. The van der Waals surface area contributed by atoms with Gasteiger partial charge in [-0.25, -0.2) is 18.1 Å². The Labute approximate surface area is 118 Å². The molecule has 2 rings (SSSR count). The van der Waals surface area contributed by atoms with E-state index < -0.39 is 16.1 Å². The van der Waals surface area contributed by atoms with E-state index in [9.17, 15) is 13.5 Å². The molecule has 0 spiro atoms. The first-order chi connectivity index (χ1) is 9.53. The summed E-state index contributed by atoms with van der Waals surface area (Å²) in [5, 5.41) is 18.5. The lowest BCUT2D eigenvalue weighted by Gasteiger charge is -2.27. The topological polar surface area (TPSA) is 103 Å². The second kappa shape index (κ2) is 6.31. The molecule has 0 radical (unpaired) electrons. The van der Waals surface area contributed by atoms with Crippen molar-refractivity contribution in [2.75, 3.05) is 6.54 Å². The summed E-state index contributed by atoms with van der Waals surface area (Å²) in [6, 6.07) is 4.55. The standard InChI is InChI=1S/C13H17N3O3S/c14-7-11-5-6-12(9-15-11)20(18,19)16-8-10-3-1-2-4-13(10)17/h5-6,9-10,13,16-17H,1-4,8H2. The molecule has 1 aliphatic rings. The van der Waals surface area contributed by atoms with Gasteiger partial charge in [0.05, 0.1) is 6.10 Å². The molecule has 0 aromatic carbocycles. The van der Waals surface area contributed by atoms with Crippen molar-refractivity contribution < 1.29 is 13.5 Å². The molecule has 2 atom stereocenters. The van der Waals surface area contributed by atoms with Crippen LogP contribution < -0.4 is 4.72 Å². The Morgan fingerprint density at radius 2 is 2.15 bits per heavy atom. The summed E-state index contributed by atoms with van der Waals surface area (Å²) in [4.78, 5) is 3.77. The van der Waals surface area contributed by atoms with E-state index in [0.29, 0.717) is 0 Å². The average Bonchev–Trinajstić information content (AvgIpc) is 2.46. The van der Waals surface area contributed by atoms with Gasteiger partial charge in [-0.1, -0.05) is 12.8 Å². The fraction of sp³-hybridized carbons (Fsp3) is 0.538. The average molecular weight is 295 g/mol. The van der Waals surface area contributed by atoms with Crippen LogP contribution in [0.2, 0.25) is 0 Å². The number of nitriles is 1. The number of nitrogens with one attached hydrogen (secondary N) is 1. The SMILES string of the molecule is N#Cc1ccc(S(=O)(=O)NCC2CCCCC2O)cn1. The van der Waals surface area contributed by atoms with Crippen molar-refractivity contribution >= 4 is 10.0 Å². The summed E-state index contributed by atoms with van der Waals surface area (Å²) in [5.41, 5.74) is 0.173. The third kappa shape index (κ3) is 3.54. The molecule has 1 aromatic heterocycles. The lowest BCUT2D eigenvalue weighted by Crippen LogP contribution is -2.36. The van der Waals surface area contributed by atoms with Gasteiger partial charge in [0.15, 0.2) is 0 Å². The Kier molecular flexibility index (Phi) is 4.70. The van der Waals surface area contributed by atoms with Gasteiger partial charge in [-0.05, 0) is 30.9 Å². The second-order valence-corrected chi connectivity index (χ2v) is 6.72. The van der Waals surface area contributed by atoms with Crippen molar-refractivity contribution in [2.24, 2.45) is 5.92 Å². The summed E-state index contributed by atoms with van der Waals surface area (Å²) in [7, 11) is -3.64. The Hall–Kier alpha value is -1.49. The van der Waals surface area contributed by atoms with Crippen LogP contribution in [0.5, 0.6) is 0 Å². The van der Waals surface area contributed by atoms with Gasteiger partial charge in [0.25, 0.3) is 0 Å². The minimum Gasteiger partial charge on any atom is -0.393 e. The van der Waals surface area contributed by atoms with Crippen LogP contribution in [0, 0.1) is 17.2 Å². The largest absolute Gasteiger partial charge is 0.393 e. The predicted octanol–water partition coefficient (Wildman–Crippen LogP) is 0.783. The van der Waals surface area contributed by atoms with E-state index in [2.05, 4.69) is 9.71 Å². The molecule has 6 nitrogen and oxygen atoms in total. The molecule has 2 unspecified atom stereocenters. The van der Waals surface area contributed by atoms with Crippen LogP contribution in [0.15, 0.2) is 23.2 Å². The number of aliphatic hydroxyl groups is 1. The molecule has 0 aliphatic heterocycles. The van der Waals surface area contributed by atoms with E-state index in [4.69, 9.17) is 5.26 Å². The highest BCUT2D eigenvalue weighted by molar-refractivity contribution is 7.89. The van der Waals surface area contributed by atoms with Crippen LogP contribution in [0.3, 0.4) is 0 Å². The first-order valence-corrected chi connectivity index (χ1v) is 8.05. The van der Waals surface area contributed by atoms with Gasteiger partial charge in [0.2, 0.25) is 10.0 Å². The summed E-state index contributed by atoms with van der Waals surface area (Å²) < 4.78 is 26.6. The summed E-state index contributed by atoms with van der Waals surface area (Å²) in [6.45, 7) is 0.226. The van der Waals surface area contributed by atoms with Gasteiger partial charge < -0.3 is 5.11 Å². The maximum absolute atomic E-state index is 12.1. The highest BCUT2D eigenvalue weighted by atomic mass is 32.2. The van der Waals surface area contributed by atoms with E-state index >= 15 is 0 Å². The lowest BCUT2D eigenvalue weighted by molar-refractivity contribution is 0.0724. The molecule has 7 heteroatoms. The zero-order valence-corrected chi connectivity index (χ0v) is 11.8. The predicted molar refractivity (Wildman–Crippen MR) is 72.1 cm³/mol. The maximum Gasteiger partial charge on any atom is 0.242 e. The van der Waals surface area contributed by atoms with Crippen molar-refractivity contribution in [3.05, 3.63) is 24.0 Å². The van der Waals surface area contributed by atoms with E-state index in [1.807, 2.05) is 6.07 Å². The molecule has 1 fully saturated rings.